The Labute approximate surface area is 231 Å². The number of nitrogens with zero attached hydrogens (tertiary/aromatic N) is 1. The maximum atomic E-state index is 13.5. The third-order valence-electron chi connectivity index (χ3n) is 9.03. The zero-order valence-electron chi connectivity index (χ0n) is 20.9. The molecule has 2 fully saturated rings. The van der Waals surface area contributed by atoms with Crippen molar-refractivity contribution < 1.29 is 19.4 Å². The smallest absolute Gasteiger partial charge is 0.312 e. The molecular formula is C31H27Cl2NO4. The first-order chi connectivity index (χ1) is 18.3. The number of hydrogen-bond acceptors (Lipinski definition) is 3. The first kappa shape index (κ1) is 25.0. The molecule has 1 N–H and O–H groups in total. The number of carbonyl (C=O) groups is 2. The summed E-state index contributed by atoms with van der Waals surface area (Å²) in [5.41, 5.74) is 2.23. The summed E-state index contributed by atoms with van der Waals surface area (Å²) in [6.45, 7) is 0.497. The van der Waals surface area contributed by atoms with Gasteiger partial charge in [-0.05, 0) is 53.8 Å². The average molecular weight is 548 g/mol. The van der Waals surface area contributed by atoms with Crippen LogP contribution in [0.15, 0.2) is 72.8 Å². The standard InChI is InChI=1S/C31H27Cl2NO4/c1-38-26-9-5-2-6-19(26)10-13-28(35)34-17-27-30(20-11-12-24(32)25(33)16-20)15-14-23(31(27,18-34)29(36)37)21-7-3-4-8-22(21)30/h2-13,16,23,27H,14-15,17-18H2,1H3,(H,36,37)/b13-10+/t23-,27-,30-,31-/m0/s1. The molecule has 0 radical (unpaired) electrons. The molecule has 3 aromatic rings. The molecule has 7 rings (SSSR count). The molecule has 3 aromatic carbocycles. The highest BCUT2D eigenvalue weighted by Gasteiger charge is 2.70. The Kier molecular flexibility index (Phi) is 6.04. The topological polar surface area (TPSA) is 66.8 Å². The summed E-state index contributed by atoms with van der Waals surface area (Å²) in [6, 6.07) is 21.2. The molecule has 2 bridgehead atoms. The minimum absolute atomic E-state index is 0.157. The second-order valence-corrected chi connectivity index (χ2v) is 11.3. The van der Waals surface area contributed by atoms with Gasteiger partial charge in [-0.1, -0.05) is 71.7 Å². The maximum Gasteiger partial charge on any atom is 0.312 e. The lowest BCUT2D eigenvalue weighted by atomic mass is 9.42. The van der Waals surface area contributed by atoms with Gasteiger partial charge in [0.2, 0.25) is 5.91 Å². The number of halogens is 2. The lowest BCUT2D eigenvalue weighted by molar-refractivity contribution is -0.157. The number of para-hydroxylation sites is 1. The van der Waals surface area contributed by atoms with Crippen LogP contribution in [0.1, 0.15) is 41.0 Å². The van der Waals surface area contributed by atoms with E-state index in [0.29, 0.717) is 22.3 Å². The monoisotopic (exact) mass is 547 g/mol. The molecule has 1 heterocycles. The van der Waals surface area contributed by atoms with E-state index in [1.165, 1.54) is 6.08 Å². The summed E-state index contributed by atoms with van der Waals surface area (Å²) in [4.78, 5) is 28.5. The van der Waals surface area contributed by atoms with Crippen molar-refractivity contribution in [2.45, 2.75) is 24.2 Å². The lowest BCUT2D eigenvalue weighted by Gasteiger charge is -2.59. The van der Waals surface area contributed by atoms with Gasteiger partial charge in [0, 0.05) is 42.0 Å². The van der Waals surface area contributed by atoms with Crippen LogP contribution in [0.2, 0.25) is 10.0 Å². The molecule has 7 heteroatoms. The van der Waals surface area contributed by atoms with Crippen LogP contribution in [0.4, 0.5) is 0 Å². The van der Waals surface area contributed by atoms with E-state index in [2.05, 4.69) is 12.1 Å². The minimum atomic E-state index is -1.10. The average Bonchev–Trinajstić information content (AvgIpc) is 3.38. The van der Waals surface area contributed by atoms with Crippen LogP contribution in [0.3, 0.4) is 0 Å². The number of carbonyl (C=O) groups excluding carboxylic acids is 1. The summed E-state index contributed by atoms with van der Waals surface area (Å²) in [5.74, 6) is -0.890. The first-order valence-corrected chi connectivity index (χ1v) is 13.5. The van der Waals surface area contributed by atoms with Crippen LogP contribution in [0.25, 0.3) is 6.08 Å². The van der Waals surface area contributed by atoms with Crippen molar-refractivity contribution in [1.29, 1.82) is 0 Å². The third-order valence-corrected chi connectivity index (χ3v) is 9.77. The first-order valence-electron chi connectivity index (χ1n) is 12.7. The Hall–Kier alpha value is -3.28. The van der Waals surface area contributed by atoms with Gasteiger partial charge < -0.3 is 14.7 Å². The quantitative estimate of drug-likeness (QED) is 0.374. The summed E-state index contributed by atoms with van der Waals surface area (Å²) < 4.78 is 5.41. The van der Waals surface area contributed by atoms with Gasteiger partial charge in [0.1, 0.15) is 5.75 Å². The molecule has 0 aromatic heterocycles. The number of methoxy groups -OCH3 is 1. The van der Waals surface area contributed by atoms with Crippen molar-refractivity contribution in [3.05, 3.63) is 105 Å². The van der Waals surface area contributed by atoms with E-state index in [9.17, 15) is 14.7 Å². The second-order valence-electron chi connectivity index (χ2n) is 10.5. The van der Waals surface area contributed by atoms with Crippen LogP contribution in [-0.4, -0.2) is 42.1 Å². The van der Waals surface area contributed by atoms with E-state index in [-0.39, 0.29) is 24.3 Å². The van der Waals surface area contributed by atoms with Crippen LogP contribution in [0.5, 0.6) is 5.75 Å². The van der Waals surface area contributed by atoms with Gasteiger partial charge in [-0.15, -0.1) is 0 Å². The Morgan fingerprint density at radius 1 is 1.05 bits per heavy atom. The van der Waals surface area contributed by atoms with E-state index in [0.717, 1.165) is 35.1 Å². The number of amides is 1. The summed E-state index contributed by atoms with van der Waals surface area (Å²) in [7, 11) is 1.59. The van der Waals surface area contributed by atoms with Crippen LogP contribution in [-0.2, 0) is 15.0 Å². The minimum Gasteiger partial charge on any atom is -0.496 e. The number of carboxylic acids is 1. The zero-order chi connectivity index (χ0) is 26.7. The summed E-state index contributed by atoms with van der Waals surface area (Å²) in [6.07, 6.45) is 4.75. The summed E-state index contributed by atoms with van der Waals surface area (Å²) >= 11 is 12.8. The van der Waals surface area contributed by atoms with E-state index < -0.39 is 16.8 Å². The SMILES string of the molecule is COc1ccccc1/C=C/C(=O)N1C[C@H]2[C@]3(c4ccc(Cl)c(Cl)c4)CC[C@@H](c4ccccc43)[C@@]2(C(=O)O)C1. The van der Waals surface area contributed by atoms with Crippen molar-refractivity contribution >= 4 is 41.2 Å². The van der Waals surface area contributed by atoms with Gasteiger partial charge in [0.25, 0.3) is 0 Å². The van der Waals surface area contributed by atoms with Crippen molar-refractivity contribution in [2.24, 2.45) is 11.3 Å². The van der Waals surface area contributed by atoms with Gasteiger partial charge in [-0.2, -0.15) is 0 Å². The van der Waals surface area contributed by atoms with E-state index in [1.807, 2.05) is 48.5 Å². The zero-order valence-corrected chi connectivity index (χ0v) is 22.4. The molecule has 38 heavy (non-hydrogen) atoms. The van der Waals surface area contributed by atoms with Crippen LogP contribution < -0.4 is 4.74 Å². The third kappa shape index (κ3) is 3.45. The fourth-order valence-corrected chi connectivity index (χ4v) is 7.77. The summed E-state index contributed by atoms with van der Waals surface area (Å²) in [5, 5.41) is 11.8. The van der Waals surface area contributed by atoms with Crippen molar-refractivity contribution in [3.63, 3.8) is 0 Å². The van der Waals surface area contributed by atoms with Gasteiger partial charge in [0.15, 0.2) is 0 Å². The Balaban J connectivity index is 1.46. The highest BCUT2D eigenvalue weighted by Crippen LogP contribution is 2.69. The van der Waals surface area contributed by atoms with Gasteiger partial charge >= 0.3 is 5.97 Å². The van der Waals surface area contributed by atoms with Crippen molar-refractivity contribution in [3.8, 4) is 5.75 Å². The number of fused-ring (bicyclic) bond motifs is 1. The maximum absolute atomic E-state index is 13.5. The molecule has 5 nitrogen and oxygen atoms in total. The molecule has 1 aliphatic heterocycles. The fraction of sp³-hybridized carbons (Fsp3) is 0.290. The highest BCUT2D eigenvalue weighted by atomic mass is 35.5. The van der Waals surface area contributed by atoms with Crippen LogP contribution in [0, 0.1) is 11.3 Å². The van der Waals surface area contributed by atoms with E-state index in [1.54, 1.807) is 24.2 Å². The van der Waals surface area contributed by atoms with Gasteiger partial charge in [-0.25, -0.2) is 0 Å². The number of aliphatic carboxylic acids is 1. The normalized spacial score (nSPS) is 27.3. The molecule has 1 saturated carbocycles. The number of ether oxygens (including phenoxy) is 1. The molecule has 1 saturated heterocycles. The van der Waals surface area contributed by atoms with E-state index >= 15 is 0 Å². The highest BCUT2D eigenvalue weighted by molar-refractivity contribution is 6.42. The molecule has 4 atom stereocenters. The molecule has 0 unspecified atom stereocenters. The molecule has 194 valence electrons. The number of benzene rings is 3. The van der Waals surface area contributed by atoms with Gasteiger partial charge in [-0.3, -0.25) is 9.59 Å². The van der Waals surface area contributed by atoms with Crippen molar-refractivity contribution in [2.75, 3.05) is 20.2 Å². The molecule has 4 aliphatic rings. The van der Waals surface area contributed by atoms with E-state index in [4.69, 9.17) is 27.9 Å². The number of likely N-dealkylation sites (tertiary alicyclic amines) is 1. The predicted molar refractivity (Wildman–Crippen MR) is 148 cm³/mol. The van der Waals surface area contributed by atoms with Crippen molar-refractivity contribution in [1.82, 2.24) is 4.90 Å². The van der Waals surface area contributed by atoms with Gasteiger partial charge in [0.05, 0.1) is 22.6 Å². The molecular weight excluding hydrogens is 521 g/mol. The molecule has 1 amide bonds. The Morgan fingerprint density at radius 3 is 2.58 bits per heavy atom. The van der Waals surface area contributed by atoms with Crippen LogP contribution >= 0.6 is 23.2 Å². The largest absolute Gasteiger partial charge is 0.496 e. The number of rotatable bonds is 5. The fourth-order valence-electron chi connectivity index (χ4n) is 7.47. The Bertz CT molecular complexity index is 1490. The number of hydrogen-bond donors (Lipinski definition) is 1. The second kappa shape index (κ2) is 9.18. The lowest BCUT2D eigenvalue weighted by Crippen LogP contribution is -2.60. The number of carboxylic acid groups (broad SMARTS) is 1. The predicted octanol–water partition coefficient (Wildman–Crippen LogP) is 6.42. The molecule has 0 spiro atoms. The molecule has 3 aliphatic carbocycles. The Morgan fingerprint density at radius 2 is 1.82 bits per heavy atom.